The SMILES string of the molecule is CCC1CN(C)CCCN1S(=O)(=O)c1cc(C)c(CN)s1. The Morgan fingerprint density at radius 1 is 1.43 bits per heavy atom. The fraction of sp³-hybridized carbons (Fsp3) is 0.714. The van der Waals surface area contributed by atoms with Gasteiger partial charge in [-0.05, 0) is 45.0 Å². The maximum absolute atomic E-state index is 13.0. The van der Waals surface area contributed by atoms with Gasteiger partial charge < -0.3 is 10.6 Å². The van der Waals surface area contributed by atoms with E-state index < -0.39 is 10.0 Å². The summed E-state index contributed by atoms with van der Waals surface area (Å²) in [7, 11) is -1.36. The molecule has 120 valence electrons. The first-order valence-corrected chi connectivity index (χ1v) is 9.65. The topological polar surface area (TPSA) is 66.6 Å². The molecule has 0 bridgehead atoms. The van der Waals surface area contributed by atoms with Crippen molar-refractivity contribution < 1.29 is 8.42 Å². The van der Waals surface area contributed by atoms with Gasteiger partial charge in [-0.3, -0.25) is 0 Å². The molecule has 2 N–H and O–H groups in total. The molecule has 1 fully saturated rings. The van der Waals surface area contributed by atoms with Gasteiger partial charge in [0.15, 0.2) is 0 Å². The Bertz CT molecular complexity index is 583. The molecule has 1 atom stereocenters. The van der Waals surface area contributed by atoms with Crippen LogP contribution in [-0.2, 0) is 16.6 Å². The van der Waals surface area contributed by atoms with Crippen molar-refractivity contribution in [2.75, 3.05) is 26.7 Å². The lowest BCUT2D eigenvalue weighted by atomic mass is 10.2. The van der Waals surface area contributed by atoms with Gasteiger partial charge >= 0.3 is 0 Å². The largest absolute Gasteiger partial charge is 0.326 e. The average molecular weight is 332 g/mol. The Morgan fingerprint density at radius 3 is 2.71 bits per heavy atom. The van der Waals surface area contributed by atoms with Gasteiger partial charge in [0.1, 0.15) is 4.21 Å². The fourth-order valence-electron chi connectivity index (χ4n) is 2.80. The van der Waals surface area contributed by atoms with E-state index in [0.29, 0.717) is 17.3 Å². The van der Waals surface area contributed by atoms with Crippen LogP contribution in [0.25, 0.3) is 0 Å². The summed E-state index contributed by atoms with van der Waals surface area (Å²) < 4.78 is 28.1. The zero-order chi connectivity index (χ0) is 15.6. The van der Waals surface area contributed by atoms with Crippen molar-refractivity contribution in [3.8, 4) is 0 Å². The monoisotopic (exact) mass is 331 g/mol. The van der Waals surface area contributed by atoms with Gasteiger partial charge in [-0.1, -0.05) is 6.92 Å². The van der Waals surface area contributed by atoms with Crippen LogP contribution in [0.2, 0.25) is 0 Å². The van der Waals surface area contributed by atoms with Crippen LogP contribution in [0.15, 0.2) is 10.3 Å². The molecule has 1 aliphatic heterocycles. The van der Waals surface area contributed by atoms with E-state index in [-0.39, 0.29) is 6.04 Å². The number of likely N-dealkylation sites (N-methyl/N-ethyl adjacent to an activating group) is 1. The van der Waals surface area contributed by atoms with Crippen molar-refractivity contribution in [2.24, 2.45) is 5.73 Å². The molecule has 0 spiro atoms. The molecule has 1 aromatic rings. The predicted octanol–water partition coefficient (Wildman–Crippen LogP) is 1.62. The molecule has 0 amide bonds. The quantitative estimate of drug-likeness (QED) is 0.910. The van der Waals surface area contributed by atoms with Crippen LogP contribution >= 0.6 is 11.3 Å². The van der Waals surface area contributed by atoms with Gasteiger partial charge in [-0.15, -0.1) is 11.3 Å². The number of hydrogen-bond donors (Lipinski definition) is 1. The lowest BCUT2D eigenvalue weighted by molar-refractivity contribution is 0.270. The predicted molar refractivity (Wildman–Crippen MR) is 87.0 cm³/mol. The minimum absolute atomic E-state index is 0.0474. The number of nitrogens with two attached hydrogens (primary N) is 1. The normalized spacial score (nSPS) is 22.4. The standard InChI is InChI=1S/C14H25N3O2S2/c1-4-12-10-16(3)6-5-7-17(12)21(18,19)14-8-11(2)13(9-15)20-14/h8,12H,4-7,9-10,15H2,1-3H3. The highest BCUT2D eigenvalue weighted by Gasteiger charge is 2.34. The Kier molecular flexibility index (Phi) is 5.43. The van der Waals surface area contributed by atoms with E-state index in [9.17, 15) is 8.42 Å². The number of aryl methyl sites for hydroxylation is 1. The second-order valence-electron chi connectivity index (χ2n) is 5.67. The summed E-state index contributed by atoms with van der Waals surface area (Å²) in [5, 5.41) is 0. The molecule has 1 saturated heterocycles. The minimum atomic E-state index is -3.41. The highest BCUT2D eigenvalue weighted by molar-refractivity contribution is 7.91. The molecule has 0 radical (unpaired) electrons. The molecule has 2 rings (SSSR count). The van der Waals surface area contributed by atoms with Crippen molar-refractivity contribution in [1.29, 1.82) is 0 Å². The molecule has 1 unspecified atom stereocenters. The molecule has 2 heterocycles. The molecule has 0 saturated carbocycles. The number of thiophene rings is 1. The zero-order valence-corrected chi connectivity index (χ0v) is 14.6. The second kappa shape index (κ2) is 6.75. The van der Waals surface area contributed by atoms with Crippen LogP contribution in [0.1, 0.15) is 30.2 Å². The first kappa shape index (κ1) is 16.9. The molecular weight excluding hydrogens is 306 g/mol. The molecule has 0 aliphatic carbocycles. The number of sulfonamides is 1. The van der Waals surface area contributed by atoms with E-state index in [1.54, 1.807) is 10.4 Å². The van der Waals surface area contributed by atoms with Crippen LogP contribution in [0.5, 0.6) is 0 Å². The van der Waals surface area contributed by atoms with E-state index in [4.69, 9.17) is 5.73 Å². The Balaban J connectivity index is 2.35. The van der Waals surface area contributed by atoms with E-state index in [1.165, 1.54) is 11.3 Å². The molecule has 1 aliphatic rings. The summed E-state index contributed by atoms with van der Waals surface area (Å²) in [5.74, 6) is 0. The lowest BCUT2D eigenvalue weighted by Gasteiger charge is -2.28. The van der Waals surface area contributed by atoms with Crippen LogP contribution in [-0.4, -0.2) is 50.3 Å². The minimum Gasteiger partial charge on any atom is -0.326 e. The highest BCUT2D eigenvalue weighted by Crippen LogP contribution is 2.30. The highest BCUT2D eigenvalue weighted by atomic mass is 32.2. The Morgan fingerprint density at radius 2 is 2.14 bits per heavy atom. The number of nitrogens with zero attached hydrogens (tertiary/aromatic N) is 2. The smallest absolute Gasteiger partial charge is 0.252 e. The third-order valence-electron chi connectivity index (χ3n) is 4.07. The summed E-state index contributed by atoms with van der Waals surface area (Å²) >= 11 is 1.31. The molecule has 0 aromatic carbocycles. The summed E-state index contributed by atoms with van der Waals surface area (Å²) in [6, 6.07) is 1.81. The first-order chi connectivity index (χ1) is 9.90. The van der Waals surface area contributed by atoms with Crippen LogP contribution in [0, 0.1) is 6.92 Å². The molecule has 5 nitrogen and oxygen atoms in total. The lowest BCUT2D eigenvalue weighted by Crippen LogP contribution is -2.43. The van der Waals surface area contributed by atoms with Crippen molar-refractivity contribution >= 4 is 21.4 Å². The Labute approximate surface area is 131 Å². The maximum atomic E-state index is 13.0. The van der Waals surface area contributed by atoms with Crippen molar-refractivity contribution in [3.05, 3.63) is 16.5 Å². The summed E-state index contributed by atoms with van der Waals surface area (Å²) in [6.45, 7) is 6.71. The molecular formula is C14H25N3O2S2. The fourth-order valence-corrected chi connectivity index (χ4v) is 6.13. The van der Waals surface area contributed by atoms with Gasteiger partial charge in [-0.25, -0.2) is 8.42 Å². The average Bonchev–Trinajstić information content (AvgIpc) is 2.71. The summed E-state index contributed by atoms with van der Waals surface area (Å²) in [6.07, 6.45) is 1.71. The van der Waals surface area contributed by atoms with Crippen LogP contribution in [0.3, 0.4) is 0 Å². The van der Waals surface area contributed by atoms with E-state index >= 15 is 0 Å². The van der Waals surface area contributed by atoms with E-state index in [1.807, 2.05) is 6.92 Å². The summed E-state index contributed by atoms with van der Waals surface area (Å²) in [4.78, 5) is 3.17. The third-order valence-corrected chi connectivity index (χ3v) is 7.73. The van der Waals surface area contributed by atoms with Gasteiger partial charge in [-0.2, -0.15) is 4.31 Å². The number of hydrogen-bond acceptors (Lipinski definition) is 5. The van der Waals surface area contributed by atoms with Gasteiger partial charge in [0, 0.05) is 30.6 Å². The van der Waals surface area contributed by atoms with Crippen molar-refractivity contribution in [2.45, 2.75) is 43.5 Å². The molecule has 21 heavy (non-hydrogen) atoms. The van der Waals surface area contributed by atoms with Crippen molar-refractivity contribution in [3.63, 3.8) is 0 Å². The zero-order valence-electron chi connectivity index (χ0n) is 13.0. The Hall–Kier alpha value is -0.470. The molecule has 7 heteroatoms. The third kappa shape index (κ3) is 3.48. The van der Waals surface area contributed by atoms with E-state index in [2.05, 4.69) is 18.9 Å². The van der Waals surface area contributed by atoms with Gasteiger partial charge in [0.25, 0.3) is 10.0 Å². The molecule has 1 aromatic heterocycles. The second-order valence-corrected chi connectivity index (χ2v) is 8.92. The van der Waals surface area contributed by atoms with Crippen molar-refractivity contribution in [1.82, 2.24) is 9.21 Å². The van der Waals surface area contributed by atoms with Crippen LogP contribution in [0.4, 0.5) is 0 Å². The van der Waals surface area contributed by atoms with Gasteiger partial charge in [0.2, 0.25) is 0 Å². The van der Waals surface area contributed by atoms with E-state index in [0.717, 1.165) is 36.4 Å². The van der Waals surface area contributed by atoms with Gasteiger partial charge in [0.05, 0.1) is 0 Å². The first-order valence-electron chi connectivity index (χ1n) is 7.40. The number of rotatable bonds is 4. The summed E-state index contributed by atoms with van der Waals surface area (Å²) in [5.41, 5.74) is 6.65. The maximum Gasteiger partial charge on any atom is 0.252 e. The van der Waals surface area contributed by atoms with Crippen LogP contribution < -0.4 is 5.73 Å².